The predicted molar refractivity (Wildman–Crippen MR) is 106 cm³/mol. The highest BCUT2D eigenvalue weighted by Crippen LogP contribution is 2.43. The van der Waals surface area contributed by atoms with Gasteiger partial charge in [0, 0.05) is 23.3 Å². The van der Waals surface area contributed by atoms with Crippen LogP contribution in [0.3, 0.4) is 0 Å². The van der Waals surface area contributed by atoms with Gasteiger partial charge in [0.15, 0.2) is 0 Å². The van der Waals surface area contributed by atoms with Gasteiger partial charge in [-0.3, -0.25) is 4.79 Å². The summed E-state index contributed by atoms with van der Waals surface area (Å²) in [5, 5.41) is 14.5. The number of rotatable bonds is 5. The second kappa shape index (κ2) is 8.27. The topological polar surface area (TPSA) is 87.9 Å². The largest absolute Gasteiger partial charge is 0.472 e. The lowest BCUT2D eigenvalue weighted by atomic mass is 9.82. The first-order valence-electron chi connectivity index (χ1n) is 9.94. The molecule has 0 saturated heterocycles. The van der Waals surface area contributed by atoms with E-state index in [0.717, 1.165) is 51.4 Å². The number of nitrogens with one attached hydrogen (secondary N) is 1. The normalized spacial score (nSPS) is 23.7. The molecular formula is C21H24N4O2S. The molecule has 1 amide bonds. The average Bonchev–Trinajstić information content (AvgIpc) is 3.42. The van der Waals surface area contributed by atoms with Crippen LogP contribution < -0.4 is 10.1 Å². The van der Waals surface area contributed by atoms with E-state index >= 15 is 0 Å². The van der Waals surface area contributed by atoms with E-state index in [1.807, 2.05) is 12.1 Å². The van der Waals surface area contributed by atoms with Crippen LogP contribution in [-0.2, 0) is 10.2 Å². The van der Waals surface area contributed by atoms with Gasteiger partial charge in [-0.15, -0.1) is 11.3 Å². The molecule has 0 aliphatic heterocycles. The van der Waals surface area contributed by atoms with Crippen LogP contribution in [0.2, 0.25) is 0 Å². The maximum atomic E-state index is 13.2. The summed E-state index contributed by atoms with van der Waals surface area (Å²) in [5.41, 5.74) is -0.111. The molecule has 2 heterocycles. The van der Waals surface area contributed by atoms with Gasteiger partial charge in [-0.2, -0.15) is 5.26 Å². The number of nitriles is 1. The number of thiophene rings is 1. The van der Waals surface area contributed by atoms with Crippen molar-refractivity contribution in [3.8, 4) is 11.9 Å². The van der Waals surface area contributed by atoms with E-state index in [4.69, 9.17) is 10.00 Å². The molecular weight excluding hydrogens is 372 g/mol. The first-order chi connectivity index (χ1) is 13.7. The summed E-state index contributed by atoms with van der Waals surface area (Å²) >= 11 is 1.69. The van der Waals surface area contributed by atoms with Gasteiger partial charge >= 0.3 is 0 Å². The number of amides is 1. The zero-order valence-electron chi connectivity index (χ0n) is 15.8. The van der Waals surface area contributed by atoms with Crippen LogP contribution in [0.1, 0.15) is 61.9 Å². The van der Waals surface area contributed by atoms with Crippen molar-refractivity contribution >= 4 is 17.2 Å². The van der Waals surface area contributed by atoms with Gasteiger partial charge < -0.3 is 10.1 Å². The quantitative estimate of drug-likeness (QED) is 0.832. The van der Waals surface area contributed by atoms with Crippen molar-refractivity contribution in [3.05, 3.63) is 40.5 Å². The molecule has 7 heteroatoms. The number of hydrogen-bond acceptors (Lipinski definition) is 6. The fourth-order valence-corrected chi connectivity index (χ4v) is 5.39. The highest BCUT2D eigenvalue weighted by atomic mass is 32.1. The number of carbonyl (C=O) groups is 1. The molecule has 0 bridgehead atoms. The van der Waals surface area contributed by atoms with Gasteiger partial charge in [-0.05, 0) is 50.0 Å². The molecule has 0 atom stereocenters. The Bertz CT molecular complexity index is 848. The number of hydrogen-bond donors (Lipinski definition) is 1. The molecule has 0 aromatic carbocycles. The molecule has 2 aliphatic rings. The van der Waals surface area contributed by atoms with Crippen molar-refractivity contribution in [2.45, 2.75) is 68.9 Å². The number of carbonyl (C=O) groups excluding carboxylic acids is 1. The van der Waals surface area contributed by atoms with E-state index in [1.54, 1.807) is 11.3 Å². The summed E-state index contributed by atoms with van der Waals surface area (Å²) < 4.78 is 5.90. The first kappa shape index (κ1) is 18.9. The van der Waals surface area contributed by atoms with E-state index in [-0.39, 0.29) is 29.2 Å². The van der Waals surface area contributed by atoms with E-state index in [2.05, 4.69) is 26.7 Å². The maximum absolute atomic E-state index is 13.2. The minimum absolute atomic E-state index is 0.00897. The van der Waals surface area contributed by atoms with E-state index in [0.29, 0.717) is 5.88 Å². The van der Waals surface area contributed by atoms with Crippen LogP contribution in [0, 0.1) is 11.3 Å². The van der Waals surface area contributed by atoms with Gasteiger partial charge in [-0.25, -0.2) is 9.97 Å². The van der Waals surface area contributed by atoms with E-state index in [9.17, 15) is 4.79 Å². The van der Waals surface area contributed by atoms with Crippen molar-refractivity contribution in [1.29, 1.82) is 5.26 Å². The number of nitrogens with zero attached hydrogens (tertiary/aromatic N) is 3. The summed E-state index contributed by atoms with van der Waals surface area (Å²) in [4.78, 5) is 22.5. The lowest BCUT2D eigenvalue weighted by Crippen LogP contribution is -2.48. The summed E-state index contributed by atoms with van der Waals surface area (Å²) in [5.74, 6) is 0.498. The molecule has 2 aromatic rings. The fraction of sp³-hybridized carbons (Fsp3) is 0.524. The minimum Gasteiger partial charge on any atom is -0.472 e. The smallest absolute Gasteiger partial charge is 0.251 e. The summed E-state index contributed by atoms with van der Waals surface area (Å²) in [6, 6.07) is 6.34. The Hall–Kier alpha value is -2.46. The van der Waals surface area contributed by atoms with Gasteiger partial charge in [0.1, 0.15) is 12.2 Å². The van der Waals surface area contributed by atoms with Crippen LogP contribution in [0.25, 0.3) is 0 Å². The molecule has 2 aromatic heterocycles. The molecule has 1 N–H and O–H groups in total. The molecule has 2 saturated carbocycles. The molecule has 146 valence electrons. The van der Waals surface area contributed by atoms with Crippen molar-refractivity contribution in [3.63, 3.8) is 0 Å². The average molecular weight is 397 g/mol. The zero-order chi connectivity index (χ0) is 19.4. The van der Waals surface area contributed by atoms with Crippen LogP contribution in [0.5, 0.6) is 5.88 Å². The van der Waals surface area contributed by atoms with Crippen LogP contribution in [-0.4, -0.2) is 28.0 Å². The SMILES string of the molecule is N#Cc1nccnc1OC1CCC(NC(=O)C2(c3cccs3)CCCC2)CC1. The second-order valence-electron chi connectivity index (χ2n) is 7.65. The molecule has 0 radical (unpaired) electrons. The molecule has 0 spiro atoms. The van der Waals surface area contributed by atoms with Gasteiger partial charge in [0.05, 0.1) is 5.41 Å². The second-order valence-corrected chi connectivity index (χ2v) is 8.60. The summed E-state index contributed by atoms with van der Waals surface area (Å²) in [6.45, 7) is 0. The van der Waals surface area contributed by atoms with Gasteiger partial charge in [0.2, 0.25) is 11.6 Å². The van der Waals surface area contributed by atoms with Crippen LogP contribution in [0.4, 0.5) is 0 Å². The Labute approximate surface area is 169 Å². The Morgan fingerprint density at radius 3 is 2.64 bits per heavy atom. The minimum atomic E-state index is -0.331. The maximum Gasteiger partial charge on any atom is 0.251 e. The Kier molecular flexibility index (Phi) is 5.58. The van der Waals surface area contributed by atoms with Crippen molar-refractivity contribution in [2.75, 3.05) is 0 Å². The highest BCUT2D eigenvalue weighted by Gasteiger charge is 2.44. The molecule has 4 rings (SSSR count). The van der Waals surface area contributed by atoms with Crippen molar-refractivity contribution in [1.82, 2.24) is 15.3 Å². The molecule has 28 heavy (non-hydrogen) atoms. The van der Waals surface area contributed by atoms with E-state index in [1.165, 1.54) is 17.3 Å². The third kappa shape index (κ3) is 3.74. The predicted octanol–water partition coefficient (Wildman–Crippen LogP) is 3.73. The lowest BCUT2D eigenvalue weighted by Gasteiger charge is -2.33. The Morgan fingerprint density at radius 1 is 1.21 bits per heavy atom. The third-order valence-corrected chi connectivity index (χ3v) is 7.02. The first-order valence-corrected chi connectivity index (χ1v) is 10.8. The number of ether oxygens (including phenoxy) is 1. The molecule has 0 unspecified atom stereocenters. The monoisotopic (exact) mass is 396 g/mol. The standard InChI is InChI=1S/C21H24N4O2S/c22-14-17-19(24-12-11-23-17)27-16-7-5-15(6-8-16)25-20(26)21(9-1-2-10-21)18-4-3-13-28-18/h3-4,11-13,15-16H,1-2,5-10H2,(H,25,26). The van der Waals surface area contributed by atoms with Gasteiger partial charge in [-0.1, -0.05) is 18.9 Å². The van der Waals surface area contributed by atoms with E-state index < -0.39 is 0 Å². The highest BCUT2D eigenvalue weighted by molar-refractivity contribution is 7.10. The summed E-state index contributed by atoms with van der Waals surface area (Å²) in [7, 11) is 0. The van der Waals surface area contributed by atoms with Crippen LogP contribution >= 0.6 is 11.3 Å². The Balaban J connectivity index is 1.34. The molecule has 2 fully saturated rings. The zero-order valence-corrected chi connectivity index (χ0v) is 16.6. The summed E-state index contributed by atoms with van der Waals surface area (Å²) in [6.07, 6.45) is 10.6. The van der Waals surface area contributed by atoms with Gasteiger partial charge in [0.25, 0.3) is 5.88 Å². The van der Waals surface area contributed by atoms with Crippen LogP contribution in [0.15, 0.2) is 29.9 Å². The third-order valence-electron chi connectivity index (χ3n) is 5.94. The molecule has 6 nitrogen and oxygen atoms in total. The number of aromatic nitrogens is 2. The lowest BCUT2D eigenvalue weighted by molar-refractivity contribution is -0.127. The van der Waals surface area contributed by atoms with Crippen molar-refractivity contribution in [2.24, 2.45) is 0 Å². The fourth-order valence-electron chi connectivity index (χ4n) is 4.41. The Morgan fingerprint density at radius 2 is 1.96 bits per heavy atom. The molecule has 2 aliphatic carbocycles. The van der Waals surface area contributed by atoms with Crippen molar-refractivity contribution < 1.29 is 9.53 Å².